The number of halogens is 2. The fraction of sp³-hybridized carbons (Fsp3) is 0.476. The molecule has 0 radical (unpaired) electrons. The standard InChI is InChI=1S/C63H86F2O10Si3/c1-9-10-11-12-13-14-16-19-22-25-45-69-53-37-33-50(34-38-53)61(66)71-54-41-35-51(36-42-54)62(67)73-56-30-28-29-52(48-56)49-31-39-55(40-32-49)72-63(68)57-43-44-58(60(65)59(57)64)70-46-26-23-20-17-15-18-21-24-27-47-77(5,6)75-78(7,8)74-76(2,3)4/h28-44,48H,9-27,45-47H2,1-8H3. The van der Waals surface area contributed by atoms with Crippen molar-refractivity contribution < 1.29 is 55.1 Å². The smallest absolute Gasteiger partial charge is 0.346 e. The van der Waals surface area contributed by atoms with E-state index in [1.165, 1.54) is 132 Å². The Morgan fingerprint density at radius 2 is 0.885 bits per heavy atom. The number of hydrogen-bond donors (Lipinski definition) is 0. The first-order valence-corrected chi connectivity index (χ1v) is 37.9. The highest BCUT2D eigenvalue weighted by Gasteiger charge is 2.37. The summed E-state index contributed by atoms with van der Waals surface area (Å²) in [5.41, 5.74) is 1.49. The molecule has 0 saturated heterocycles. The molecule has 0 atom stereocenters. The van der Waals surface area contributed by atoms with Gasteiger partial charge in [-0.3, -0.25) is 0 Å². The van der Waals surface area contributed by atoms with Crippen molar-refractivity contribution >= 4 is 43.1 Å². The van der Waals surface area contributed by atoms with Gasteiger partial charge >= 0.3 is 26.5 Å². The van der Waals surface area contributed by atoms with Crippen LogP contribution in [0.4, 0.5) is 8.78 Å². The van der Waals surface area contributed by atoms with E-state index in [4.69, 9.17) is 31.9 Å². The van der Waals surface area contributed by atoms with Crippen molar-refractivity contribution in [3.63, 3.8) is 0 Å². The minimum atomic E-state index is -2.10. The molecule has 0 heterocycles. The summed E-state index contributed by atoms with van der Waals surface area (Å²) in [7, 11) is -5.48. The first-order valence-electron chi connectivity index (χ1n) is 28.5. The van der Waals surface area contributed by atoms with Crippen LogP contribution in [0.1, 0.15) is 160 Å². The van der Waals surface area contributed by atoms with E-state index < -0.39 is 60.3 Å². The van der Waals surface area contributed by atoms with Crippen molar-refractivity contribution in [2.45, 2.75) is 181 Å². The molecule has 0 N–H and O–H groups in total. The van der Waals surface area contributed by atoms with Gasteiger partial charge in [0.2, 0.25) is 5.82 Å². The van der Waals surface area contributed by atoms with Crippen LogP contribution in [0.2, 0.25) is 51.9 Å². The van der Waals surface area contributed by atoms with Gasteiger partial charge in [-0.25, -0.2) is 18.8 Å². The topological polar surface area (TPSA) is 116 Å². The largest absolute Gasteiger partial charge is 0.494 e. The number of rotatable bonds is 36. The highest BCUT2D eigenvalue weighted by atomic mass is 28.5. The number of carbonyl (C=O) groups is 3. The SMILES string of the molecule is CCCCCCCCCCCCOc1ccc(C(=O)Oc2ccc(C(=O)Oc3cccc(-c4ccc(OC(=O)c5ccc(OCCCCCCCCCCC[Si](C)(C)O[Si](C)(C)O[Si](C)(C)C)c(F)c5F)cc4)c3)cc2)cc1. The van der Waals surface area contributed by atoms with Crippen molar-refractivity contribution in [1.82, 2.24) is 0 Å². The molecule has 0 aromatic heterocycles. The van der Waals surface area contributed by atoms with Crippen molar-refractivity contribution in [2.24, 2.45) is 0 Å². The van der Waals surface area contributed by atoms with Crippen LogP contribution in [0.3, 0.4) is 0 Å². The molecule has 10 nitrogen and oxygen atoms in total. The van der Waals surface area contributed by atoms with Crippen LogP contribution < -0.4 is 23.7 Å². The van der Waals surface area contributed by atoms with Gasteiger partial charge in [0.15, 0.2) is 28.2 Å². The molecule has 0 spiro atoms. The first-order chi connectivity index (χ1) is 37.3. The summed E-state index contributed by atoms with van der Waals surface area (Å²) in [4.78, 5) is 38.9. The summed E-state index contributed by atoms with van der Waals surface area (Å²) >= 11 is 0. The van der Waals surface area contributed by atoms with E-state index in [9.17, 15) is 14.4 Å². The van der Waals surface area contributed by atoms with Gasteiger partial charge in [0.05, 0.1) is 29.9 Å². The molecule has 5 aromatic carbocycles. The van der Waals surface area contributed by atoms with Gasteiger partial charge in [0, 0.05) is 0 Å². The summed E-state index contributed by atoms with van der Waals surface area (Å²) in [5, 5.41) is 0. The zero-order chi connectivity index (χ0) is 56.4. The van der Waals surface area contributed by atoms with E-state index in [2.05, 4.69) is 52.8 Å². The van der Waals surface area contributed by atoms with Gasteiger partial charge < -0.3 is 31.9 Å². The molecule has 15 heteroatoms. The van der Waals surface area contributed by atoms with Crippen molar-refractivity contribution in [1.29, 1.82) is 0 Å². The zero-order valence-corrected chi connectivity index (χ0v) is 50.8. The third-order valence-corrected chi connectivity index (χ3v) is 23.3. The highest BCUT2D eigenvalue weighted by molar-refractivity contribution is 6.87. The Bertz CT molecular complexity index is 2600. The van der Waals surface area contributed by atoms with Crippen molar-refractivity contribution in [3.8, 4) is 39.9 Å². The average molecular weight is 1130 g/mol. The minimum Gasteiger partial charge on any atom is -0.494 e. The van der Waals surface area contributed by atoms with Crippen LogP contribution >= 0.6 is 0 Å². The summed E-state index contributed by atoms with van der Waals surface area (Å²) in [6.45, 7) is 18.8. The van der Waals surface area contributed by atoms with Crippen LogP contribution in [0.25, 0.3) is 11.1 Å². The zero-order valence-electron chi connectivity index (χ0n) is 47.8. The van der Waals surface area contributed by atoms with Crippen LogP contribution in [-0.2, 0) is 8.23 Å². The average Bonchev–Trinajstić information content (AvgIpc) is 3.44. The number of ether oxygens (including phenoxy) is 5. The van der Waals surface area contributed by atoms with Gasteiger partial charge in [-0.15, -0.1) is 0 Å². The summed E-state index contributed by atoms with van der Waals surface area (Å²) < 4.78 is 71.3. The van der Waals surface area contributed by atoms with E-state index in [0.717, 1.165) is 38.1 Å². The number of hydrogen-bond acceptors (Lipinski definition) is 10. The fourth-order valence-corrected chi connectivity index (χ4v) is 22.7. The van der Waals surface area contributed by atoms with Gasteiger partial charge in [0.25, 0.3) is 0 Å². The van der Waals surface area contributed by atoms with Crippen LogP contribution in [0, 0.1) is 11.6 Å². The maximum atomic E-state index is 15.1. The Hall–Kier alpha value is -5.46. The van der Waals surface area contributed by atoms with E-state index in [1.807, 2.05) is 6.07 Å². The Labute approximate surface area is 467 Å². The molecule has 0 saturated carbocycles. The number of carbonyl (C=O) groups excluding carboxylic acids is 3. The third kappa shape index (κ3) is 23.5. The lowest BCUT2D eigenvalue weighted by Gasteiger charge is -2.37. The normalized spacial score (nSPS) is 11.8. The third-order valence-electron chi connectivity index (χ3n) is 13.1. The quantitative estimate of drug-likeness (QED) is 0.0166. The maximum absolute atomic E-state index is 15.1. The van der Waals surface area contributed by atoms with Crippen molar-refractivity contribution in [3.05, 3.63) is 138 Å². The molecule has 5 rings (SSSR count). The molecule has 0 aliphatic heterocycles. The van der Waals surface area contributed by atoms with Gasteiger partial charge in [0.1, 0.15) is 23.0 Å². The molecule has 0 aliphatic carbocycles. The predicted octanol–water partition coefficient (Wildman–Crippen LogP) is 18.3. The first kappa shape index (κ1) is 63.4. The second-order valence-corrected chi connectivity index (χ2v) is 35.0. The van der Waals surface area contributed by atoms with E-state index in [0.29, 0.717) is 35.5 Å². The van der Waals surface area contributed by atoms with Crippen LogP contribution in [0.5, 0.6) is 28.7 Å². The minimum absolute atomic E-state index is 0.124. The Kier molecular flexibility index (Phi) is 26.5. The van der Waals surface area contributed by atoms with E-state index in [1.54, 1.807) is 54.6 Å². The lowest BCUT2D eigenvalue weighted by molar-refractivity contribution is 0.0719. The molecule has 424 valence electrons. The highest BCUT2D eigenvalue weighted by Crippen LogP contribution is 2.30. The molecule has 78 heavy (non-hydrogen) atoms. The molecular weight excluding hydrogens is 1040 g/mol. The number of benzene rings is 5. The van der Waals surface area contributed by atoms with E-state index in [-0.39, 0.29) is 35.2 Å². The van der Waals surface area contributed by atoms with Gasteiger partial charge in [-0.1, -0.05) is 140 Å². The summed E-state index contributed by atoms with van der Waals surface area (Å²) in [5.74, 6) is -3.64. The lowest BCUT2D eigenvalue weighted by Crippen LogP contribution is -2.51. The molecule has 5 aromatic rings. The number of unbranched alkanes of at least 4 members (excludes halogenated alkanes) is 17. The fourth-order valence-electron chi connectivity index (χ4n) is 9.42. The maximum Gasteiger partial charge on any atom is 0.346 e. The van der Waals surface area contributed by atoms with Crippen LogP contribution in [-0.4, -0.2) is 56.3 Å². The molecule has 0 amide bonds. The van der Waals surface area contributed by atoms with Crippen molar-refractivity contribution in [2.75, 3.05) is 13.2 Å². The summed E-state index contributed by atoms with van der Waals surface area (Å²) in [6, 6.07) is 29.8. The second-order valence-electron chi connectivity index (χ2n) is 22.3. The molecule has 0 unspecified atom stereocenters. The van der Waals surface area contributed by atoms with Gasteiger partial charge in [-0.2, -0.15) is 4.39 Å². The Morgan fingerprint density at radius 1 is 0.423 bits per heavy atom. The summed E-state index contributed by atoms with van der Waals surface area (Å²) in [6.07, 6.45) is 22.4. The number of esters is 3. The Balaban J connectivity index is 0.964. The Morgan fingerprint density at radius 3 is 1.42 bits per heavy atom. The van der Waals surface area contributed by atoms with E-state index >= 15 is 8.78 Å². The monoisotopic (exact) mass is 1120 g/mol. The molecule has 0 bridgehead atoms. The lowest BCUT2D eigenvalue weighted by atomic mass is 10.1. The van der Waals surface area contributed by atoms with Crippen LogP contribution in [0.15, 0.2) is 109 Å². The molecular formula is C63H86F2O10Si3. The second kappa shape index (κ2) is 32.6. The molecule has 0 aliphatic rings. The predicted molar refractivity (Wildman–Crippen MR) is 316 cm³/mol. The molecule has 0 fully saturated rings. The van der Waals surface area contributed by atoms with Gasteiger partial charge in [-0.05, 0) is 161 Å².